The van der Waals surface area contributed by atoms with Crippen LogP contribution in [0.3, 0.4) is 0 Å². The monoisotopic (exact) mass is 436 g/mol. The highest BCUT2D eigenvalue weighted by molar-refractivity contribution is 7.98. The fraction of sp³-hybridized carbons (Fsp3) is 0.609. The van der Waals surface area contributed by atoms with Crippen LogP contribution in [0.25, 0.3) is 0 Å². The first-order valence-corrected chi connectivity index (χ1v) is 11.7. The lowest BCUT2D eigenvalue weighted by Crippen LogP contribution is -2.52. The highest BCUT2D eigenvalue weighted by atomic mass is 32.2. The molecule has 0 heterocycles. The van der Waals surface area contributed by atoms with E-state index >= 15 is 0 Å². The third-order valence-electron chi connectivity index (χ3n) is 4.75. The number of thioether (sulfide) groups is 1. The molecule has 0 aliphatic rings. The summed E-state index contributed by atoms with van der Waals surface area (Å²) in [5.41, 5.74) is 1.62. The van der Waals surface area contributed by atoms with Gasteiger partial charge < -0.3 is 15.4 Å². The van der Waals surface area contributed by atoms with Crippen molar-refractivity contribution in [3.8, 4) is 0 Å². The van der Waals surface area contributed by atoms with Crippen LogP contribution in [0, 0.1) is 5.92 Å². The molecule has 1 aromatic carbocycles. The van der Waals surface area contributed by atoms with Gasteiger partial charge >= 0.3 is 5.97 Å². The Morgan fingerprint density at radius 3 is 2.10 bits per heavy atom. The van der Waals surface area contributed by atoms with Gasteiger partial charge in [-0.3, -0.25) is 9.59 Å². The van der Waals surface area contributed by atoms with E-state index in [4.69, 9.17) is 4.74 Å². The summed E-state index contributed by atoms with van der Waals surface area (Å²) in [5, 5.41) is 5.58. The van der Waals surface area contributed by atoms with Crippen molar-refractivity contribution in [3.63, 3.8) is 0 Å². The van der Waals surface area contributed by atoms with Crippen LogP contribution < -0.4 is 10.6 Å². The maximum absolute atomic E-state index is 12.9. The Morgan fingerprint density at radius 1 is 1.03 bits per heavy atom. The zero-order valence-electron chi connectivity index (χ0n) is 19.2. The van der Waals surface area contributed by atoms with Gasteiger partial charge in [-0.2, -0.15) is 11.8 Å². The molecule has 0 aromatic heterocycles. The van der Waals surface area contributed by atoms with Gasteiger partial charge in [-0.25, -0.2) is 4.79 Å². The van der Waals surface area contributed by atoms with Gasteiger partial charge in [-0.15, -0.1) is 0 Å². The van der Waals surface area contributed by atoms with Crippen LogP contribution in [-0.2, 0) is 19.7 Å². The first-order valence-electron chi connectivity index (χ1n) is 10.3. The van der Waals surface area contributed by atoms with Crippen molar-refractivity contribution in [2.45, 2.75) is 65.0 Å². The minimum atomic E-state index is -0.735. The van der Waals surface area contributed by atoms with Crippen LogP contribution in [0.15, 0.2) is 24.3 Å². The molecule has 1 rings (SSSR count). The first kappa shape index (κ1) is 26.0. The number of amides is 2. The summed E-state index contributed by atoms with van der Waals surface area (Å²) in [6, 6.07) is 5.95. The lowest BCUT2D eigenvalue weighted by Gasteiger charge is -2.23. The van der Waals surface area contributed by atoms with E-state index in [1.165, 1.54) is 7.11 Å². The highest BCUT2D eigenvalue weighted by Gasteiger charge is 2.28. The van der Waals surface area contributed by atoms with Gasteiger partial charge in [0.2, 0.25) is 5.91 Å². The lowest BCUT2D eigenvalue weighted by molar-refractivity contribution is -0.145. The third-order valence-corrected chi connectivity index (χ3v) is 5.40. The normalized spacial score (nSPS) is 13.5. The van der Waals surface area contributed by atoms with E-state index in [-0.39, 0.29) is 23.1 Å². The minimum Gasteiger partial charge on any atom is -0.467 e. The quantitative estimate of drug-likeness (QED) is 0.548. The van der Waals surface area contributed by atoms with Crippen molar-refractivity contribution in [1.29, 1.82) is 0 Å². The second-order valence-electron chi connectivity index (χ2n) is 8.85. The summed E-state index contributed by atoms with van der Waals surface area (Å²) >= 11 is 1.59. The highest BCUT2D eigenvalue weighted by Crippen LogP contribution is 2.22. The van der Waals surface area contributed by atoms with E-state index in [9.17, 15) is 14.4 Å². The topological polar surface area (TPSA) is 84.5 Å². The maximum atomic E-state index is 12.9. The molecule has 2 N–H and O–H groups in total. The lowest BCUT2D eigenvalue weighted by atomic mass is 9.86. The SMILES string of the molecule is COC(=O)[C@@H](CCSC)NC(=O)[C@@H](CC(C)C)NC(=O)c1ccc(C(C)(C)C)cc1. The standard InChI is InChI=1S/C23H36N2O4S/c1-15(2)14-19(21(27)24-18(12-13-30-7)22(28)29-6)25-20(26)16-8-10-17(11-9-16)23(3,4)5/h8-11,15,18-19H,12-14H2,1-7H3,(H,24,27)(H,25,26)/t18-,19-/m1/s1. The molecule has 6 nitrogen and oxygen atoms in total. The molecule has 2 atom stereocenters. The Kier molecular flexibility index (Phi) is 10.4. The second kappa shape index (κ2) is 12.0. The Hall–Kier alpha value is -2.02. The molecule has 1 aromatic rings. The Morgan fingerprint density at radius 2 is 1.63 bits per heavy atom. The molecule has 7 heteroatoms. The molecule has 0 unspecified atom stereocenters. The van der Waals surface area contributed by atoms with E-state index in [0.29, 0.717) is 24.2 Å². The fourth-order valence-electron chi connectivity index (χ4n) is 2.97. The Balaban J connectivity index is 2.93. The molecule has 0 saturated heterocycles. The summed E-state index contributed by atoms with van der Waals surface area (Å²) in [4.78, 5) is 37.7. The second-order valence-corrected chi connectivity index (χ2v) is 9.83. The number of hydrogen-bond donors (Lipinski definition) is 2. The molecule has 2 amide bonds. The third kappa shape index (κ3) is 8.38. The number of methoxy groups -OCH3 is 1. The van der Waals surface area contributed by atoms with E-state index in [1.54, 1.807) is 23.9 Å². The molecule has 0 aliphatic carbocycles. The molecular weight excluding hydrogens is 400 g/mol. The molecule has 0 aliphatic heterocycles. The van der Waals surface area contributed by atoms with E-state index in [2.05, 4.69) is 31.4 Å². The predicted octanol–water partition coefficient (Wildman–Crippen LogP) is 3.54. The number of esters is 1. The van der Waals surface area contributed by atoms with Crippen LogP contribution in [0.1, 0.15) is 63.4 Å². The number of rotatable bonds is 10. The first-order chi connectivity index (χ1) is 14.0. The van der Waals surface area contributed by atoms with E-state index in [0.717, 1.165) is 5.56 Å². The van der Waals surface area contributed by atoms with Gasteiger partial charge in [0.25, 0.3) is 5.91 Å². The van der Waals surface area contributed by atoms with Crippen molar-refractivity contribution in [2.24, 2.45) is 5.92 Å². The Bertz CT molecular complexity index is 711. The van der Waals surface area contributed by atoms with Crippen LogP contribution in [-0.4, -0.2) is 49.0 Å². The minimum absolute atomic E-state index is 0.00521. The van der Waals surface area contributed by atoms with Gasteiger partial charge in [0.05, 0.1) is 7.11 Å². The summed E-state index contributed by atoms with van der Waals surface area (Å²) in [5.74, 6) is -0.270. The van der Waals surface area contributed by atoms with Crippen molar-refractivity contribution in [1.82, 2.24) is 10.6 Å². The van der Waals surface area contributed by atoms with Crippen LogP contribution in [0.2, 0.25) is 0 Å². The van der Waals surface area contributed by atoms with Gasteiger partial charge in [0.1, 0.15) is 12.1 Å². The number of nitrogens with one attached hydrogen (secondary N) is 2. The summed E-state index contributed by atoms with van der Waals surface area (Å²) in [6.45, 7) is 10.3. The zero-order valence-corrected chi connectivity index (χ0v) is 20.0. The predicted molar refractivity (Wildman–Crippen MR) is 123 cm³/mol. The number of hydrogen-bond acceptors (Lipinski definition) is 5. The number of carbonyl (C=O) groups excluding carboxylic acids is 3. The Labute approximate surface area is 184 Å². The molecule has 0 radical (unpaired) electrons. The number of benzene rings is 1. The van der Waals surface area contributed by atoms with Crippen molar-refractivity contribution in [3.05, 3.63) is 35.4 Å². The van der Waals surface area contributed by atoms with Crippen LogP contribution >= 0.6 is 11.8 Å². The van der Waals surface area contributed by atoms with Gasteiger partial charge in [0.15, 0.2) is 0 Å². The molecule has 0 spiro atoms. The van der Waals surface area contributed by atoms with Crippen molar-refractivity contribution < 1.29 is 19.1 Å². The average molecular weight is 437 g/mol. The fourth-order valence-corrected chi connectivity index (χ4v) is 3.44. The van der Waals surface area contributed by atoms with Gasteiger partial charge in [-0.1, -0.05) is 46.8 Å². The van der Waals surface area contributed by atoms with Crippen LogP contribution in [0.5, 0.6) is 0 Å². The smallest absolute Gasteiger partial charge is 0.328 e. The zero-order chi connectivity index (χ0) is 22.9. The van der Waals surface area contributed by atoms with E-state index < -0.39 is 18.1 Å². The summed E-state index contributed by atoms with van der Waals surface area (Å²) < 4.78 is 4.81. The molecule has 168 valence electrons. The van der Waals surface area contributed by atoms with Crippen molar-refractivity contribution >= 4 is 29.5 Å². The van der Waals surface area contributed by atoms with Crippen molar-refractivity contribution in [2.75, 3.05) is 19.1 Å². The number of ether oxygens (including phenoxy) is 1. The van der Waals surface area contributed by atoms with Gasteiger partial charge in [-0.05, 0) is 53.9 Å². The summed E-state index contributed by atoms with van der Waals surface area (Å²) in [6.07, 6.45) is 2.87. The molecule has 0 bridgehead atoms. The van der Waals surface area contributed by atoms with Crippen LogP contribution in [0.4, 0.5) is 0 Å². The molecule has 0 saturated carbocycles. The number of carbonyl (C=O) groups is 3. The molecule has 0 fully saturated rings. The van der Waals surface area contributed by atoms with E-state index in [1.807, 2.05) is 32.2 Å². The molecular formula is C23H36N2O4S. The summed E-state index contributed by atoms with van der Waals surface area (Å²) in [7, 11) is 1.30. The maximum Gasteiger partial charge on any atom is 0.328 e. The average Bonchev–Trinajstić information content (AvgIpc) is 2.68. The largest absolute Gasteiger partial charge is 0.467 e. The van der Waals surface area contributed by atoms with Gasteiger partial charge in [0, 0.05) is 5.56 Å². The molecule has 30 heavy (non-hydrogen) atoms.